The average molecular weight is 337 g/mol. The number of hydrogen-bond donors (Lipinski definition) is 3. The number of H-pyrrole nitrogens is 1. The number of aromatic nitrogens is 4. The number of aryl methyl sites for hydroxylation is 2. The maximum atomic E-state index is 12.4. The molecule has 2 heterocycles. The largest absolute Gasteiger partial charge is 0.477 e. The molecule has 1 amide bonds. The number of carbonyl (C=O) groups excluding carboxylic acids is 1. The number of nitrogens with zero attached hydrogens (tertiary/aromatic N) is 3. The fourth-order valence-electron chi connectivity index (χ4n) is 2.25. The van der Waals surface area contributed by atoms with Crippen molar-refractivity contribution in [2.45, 2.75) is 13.8 Å². The van der Waals surface area contributed by atoms with E-state index < -0.39 is 11.9 Å². The third-order valence-electron chi connectivity index (χ3n) is 3.58. The van der Waals surface area contributed by atoms with E-state index in [4.69, 9.17) is 5.11 Å². The van der Waals surface area contributed by atoms with Crippen molar-refractivity contribution in [1.29, 1.82) is 0 Å². The molecule has 126 valence electrons. The Bertz CT molecular complexity index is 964. The molecule has 0 aliphatic rings. The van der Waals surface area contributed by atoms with Gasteiger partial charge < -0.3 is 10.4 Å². The molecule has 0 saturated carbocycles. The summed E-state index contributed by atoms with van der Waals surface area (Å²) in [6.07, 6.45) is 1.29. The highest BCUT2D eigenvalue weighted by molar-refractivity contribution is 6.05. The zero-order valence-electron chi connectivity index (χ0n) is 13.6. The number of anilines is 1. The van der Waals surface area contributed by atoms with Crippen LogP contribution in [-0.2, 0) is 0 Å². The van der Waals surface area contributed by atoms with Crippen LogP contribution in [0, 0.1) is 13.8 Å². The fraction of sp³-hybridized carbons (Fsp3) is 0.118. The zero-order chi connectivity index (χ0) is 18.0. The van der Waals surface area contributed by atoms with Crippen LogP contribution in [-0.4, -0.2) is 37.1 Å². The molecule has 0 saturated heterocycles. The molecule has 0 radical (unpaired) electrons. The van der Waals surface area contributed by atoms with Gasteiger partial charge in [0.05, 0.1) is 0 Å². The Labute approximate surface area is 143 Å². The van der Waals surface area contributed by atoms with Crippen molar-refractivity contribution in [1.82, 2.24) is 20.2 Å². The molecule has 1 aromatic carbocycles. The minimum atomic E-state index is -1.19. The van der Waals surface area contributed by atoms with Crippen LogP contribution < -0.4 is 5.32 Å². The van der Waals surface area contributed by atoms with E-state index in [0.717, 1.165) is 11.1 Å². The van der Waals surface area contributed by atoms with E-state index >= 15 is 0 Å². The van der Waals surface area contributed by atoms with Crippen molar-refractivity contribution in [3.63, 3.8) is 0 Å². The molecule has 2 aromatic heterocycles. The molecule has 3 rings (SSSR count). The standard InChI is InChI=1S/C17H15N5O3/c1-9-3-4-11(15-19-10(2)21-22-15)7-13(9)20-16(23)12-5-6-18-14(8-12)17(24)25/h3-8H,1-2H3,(H,20,23)(H,24,25)(H,19,21,22). The number of benzene rings is 1. The maximum Gasteiger partial charge on any atom is 0.354 e. The first-order valence-corrected chi connectivity index (χ1v) is 7.45. The molecule has 3 aromatic rings. The first-order chi connectivity index (χ1) is 11.9. The summed E-state index contributed by atoms with van der Waals surface area (Å²) in [7, 11) is 0. The number of carboxylic acids is 1. The predicted octanol–water partition coefficient (Wildman–Crippen LogP) is 2.43. The summed E-state index contributed by atoms with van der Waals surface area (Å²) in [4.78, 5) is 31.4. The summed E-state index contributed by atoms with van der Waals surface area (Å²) in [6.45, 7) is 3.66. The molecule has 0 aliphatic heterocycles. The maximum absolute atomic E-state index is 12.4. The van der Waals surface area contributed by atoms with Gasteiger partial charge >= 0.3 is 5.97 Å². The van der Waals surface area contributed by atoms with E-state index in [0.29, 0.717) is 17.3 Å². The van der Waals surface area contributed by atoms with E-state index in [1.165, 1.54) is 18.3 Å². The number of hydrogen-bond acceptors (Lipinski definition) is 5. The molecule has 8 heteroatoms. The number of rotatable bonds is 4. The summed E-state index contributed by atoms with van der Waals surface area (Å²) >= 11 is 0. The lowest BCUT2D eigenvalue weighted by Gasteiger charge is -2.10. The number of nitrogens with one attached hydrogen (secondary N) is 2. The van der Waals surface area contributed by atoms with Crippen molar-refractivity contribution in [3.8, 4) is 11.4 Å². The molecule has 0 bridgehead atoms. The summed E-state index contributed by atoms with van der Waals surface area (Å²) in [5.74, 6) is -0.381. The highest BCUT2D eigenvalue weighted by atomic mass is 16.4. The van der Waals surface area contributed by atoms with E-state index in [9.17, 15) is 9.59 Å². The molecular weight excluding hydrogens is 322 g/mol. The van der Waals surface area contributed by atoms with Crippen LogP contribution in [0.3, 0.4) is 0 Å². The van der Waals surface area contributed by atoms with Gasteiger partial charge in [-0.25, -0.2) is 14.8 Å². The fourth-order valence-corrected chi connectivity index (χ4v) is 2.25. The third-order valence-corrected chi connectivity index (χ3v) is 3.58. The van der Waals surface area contributed by atoms with Crippen LogP contribution in [0.15, 0.2) is 36.5 Å². The van der Waals surface area contributed by atoms with Crippen LogP contribution in [0.4, 0.5) is 5.69 Å². The Kier molecular flexibility index (Phi) is 4.25. The van der Waals surface area contributed by atoms with Crippen LogP contribution in [0.25, 0.3) is 11.4 Å². The molecule has 0 unspecified atom stereocenters. The molecule has 8 nitrogen and oxygen atoms in total. The van der Waals surface area contributed by atoms with Gasteiger partial charge in [-0.1, -0.05) is 12.1 Å². The van der Waals surface area contributed by atoms with Crippen molar-refractivity contribution in [3.05, 3.63) is 59.2 Å². The van der Waals surface area contributed by atoms with E-state index in [2.05, 4.69) is 25.5 Å². The van der Waals surface area contributed by atoms with Crippen molar-refractivity contribution < 1.29 is 14.7 Å². The molecular formula is C17H15N5O3. The first-order valence-electron chi connectivity index (χ1n) is 7.45. The Balaban J connectivity index is 1.88. The molecule has 0 atom stereocenters. The van der Waals surface area contributed by atoms with Crippen LogP contribution in [0.1, 0.15) is 32.2 Å². The quantitative estimate of drug-likeness (QED) is 0.672. The van der Waals surface area contributed by atoms with Crippen molar-refractivity contribution >= 4 is 17.6 Å². The van der Waals surface area contributed by atoms with Gasteiger partial charge in [0.2, 0.25) is 0 Å². The van der Waals surface area contributed by atoms with Crippen molar-refractivity contribution in [2.24, 2.45) is 0 Å². The zero-order valence-corrected chi connectivity index (χ0v) is 13.6. The van der Waals surface area contributed by atoms with Gasteiger partial charge in [0.15, 0.2) is 5.82 Å². The van der Waals surface area contributed by atoms with Crippen molar-refractivity contribution in [2.75, 3.05) is 5.32 Å². The molecule has 3 N–H and O–H groups in total. The summed E-state index contributed by atoms with van der Waals surface area (Å²) in [5.41, 5.74) is 2.24. The lowest BCUT2D eigenvalue weighted by Crippen LogP contribution is -2.14. The minimum Gasteiger partial charge on any atom is -0.477 e. The van der Waals surface area contributed by atoms with Gasteiger partial charge in [-0.3, -0.25) is 9.89 Å². The highest BCUT2D eigenvalue weighted by Crippen LogP contribution is 2.23. The number of carboxylic acid groups (broad SMARTS) is 1. The highest BCUT2D eigenvalue weighted by Gasteiger charge is 2.13. The van der Waals surface area contributed by atoms with E-state index in [1.54, 1.807) is 13.0 Å². The lowest BCUT2D eigenvalue weighted by atomic mass is 10.1. The summed E-state index contributed by atoms with van der Waals surface area (Å²) in [5, 5.41) is 18.6. The van der Waals surface area contributed by atoms with Gasteiger partial charge in [-0.15, -0.1) is 0 Å². The van der Waals surface area contributed by atoms with E-state index in [-0.39, 0.29) is 11.3 Å². The topological polar surface area (TPSA) is 121 Å². The third kappa shape index (κ3) is 3.52. The molecule has 0 aliphatic carbocycles. The lowest BCUT2D eigenvalue weighted by molar-refractivity contribution is 0.0690. The van der Waals surface area contributed by atoms with Crippen LogP contribution in [0.2, 0.25) is 0 Å². The summed E-state index contributed by atoms with van der Waals surface area (Å²) in [6, 6.07) is 8.18. The molecule has 0 fully saturated rings. The van der Waals surface area contributed by atoms with Crippen LogP contribution >= 0.6 is 0 Å². The Hall–Kier alpha value is -3.55. The Morgan fingerprint density at radius 1 is 1.16 bits per heavy atom. The number of amides is 1. The smallest absolute Gasteiger partial charge is 0.354 e. The van der Waals surface area contributed by atoms with Gasteiger partial charge in [-0.05, 0) is 37.6 Å². The second-order valence-corrected chi connectivity index (χ2v) is 5.46. The van der Waals surface area contributed by atoms with Gasteiger partial charge in [0.1, 0.15) is 11.5 Å². The Morgan fingerprint density at radius 2 is 1.96 bits per heavy atom. The minimum absolute atomic E-state index is 0.186. The average Bonchev–Trinajstić information content (AvgIpc) is 3.03. The predicted molar refractivity (Wildman–Crippen MR) is 90.4 cm³/mol. The first kappa shape index (κ1) is 16.3. The van der Waals surface area contributed by atoms with Gasteiger partial charge in [0.25, 0.3) is 5.91 Å². The van der Waals surface area contributed by atoms with Gasteiger partial charge in [-0.2, -0.15) is 5.10 Å². The number of aromatic carboxylic acids is 1. The van der Waals surface area contributed by atoms with E-state index in [1.807, 2.05) is 19.1 Å². The van der Waals surface area contributed by atoms with Gasteiger partial charge in [0, 0.05) is 23.0 Å². The second-order valence-electron chi connectivity index (χ2n) is 5.46. The normalized spacial score (nSPS) is 10.5. The molecule has 25 heavy (non-hydrogen) atoms. The number of pyridine rings is 1. The summed E-state index contributed by atoms with van der Waals surface area (Å²) < 4.78 is 0. The monoisotopic (exact) mass is 337 g/mol. The SMILES string of the molecule is Cc1nc(-c2ccc(C)c(NC(=O)c3ccnc(C(=O)O)c3)c2)n[nH]1. The van der Waals surface area contributed by atoms with Crippen LogP contribution in [0.5, 0.6) is 0 Å². The second kappa shape index (κ2) is 6.52. The number of aromatic amines is 1. The molecule has 0 spiro atoms. The number of carbonyl (C=O) groups is 2. The Morgan fingerprint density at radius 3 is 2.64 bits per heavy atom.